The van der Waals surface area contributed by atoms with Gasteiger partial charge < -0.3 is 9.13 Å². The van der Waals surface area contributed by atoms with Crippen LogP contribution in [0.5, 0.6) is 0 Å². The minimum Gasteiger partial charge on any atom is -0.309 e. The summed E-state index contributed by atoms with van der Waals surface area (Å²) in [5.41, 5.74) is 33.0. The third-order valence-corrected chi connectivity index (χ3v) is 18.2. The van der Waals surface area contributed by atoms with Gasteiger partial charge in [-0.3, -0.25) is 0 Å². The van der Waals surface area contributed by atoms with E-state index in [2.05, 4.69) is 238 Å². The Kier molecular flexibility index (Phi) is 13.7. The molecule has 0 aliphatic heterocycles. The second kappa shape index (κ2) is 21.1. The van der Waals surface area contributed by atoms with Crippen molar-refractivity contribution in [1.29, 1.82) is 5.26 Å². The van der Waals surface area contributed by atoms with Gasteiger partial charge in [0.2, 0.25) is 0 Å². The van der Waals surface area contributed by atoms with Gasteiger partial charge in [0.1, 0.15) is 0 Å². The van der Waals surface area contributed by atoms with E-state index in [0.29, 0.717) is 16.7 Å². The summed E-state index contributed by atoms with van der Waals surface area (Å²) in [6.07, 6.45) is -4.50. The molecular formula is C81H68F3N3. The highest BCUT2D eigenvalue weighted by molar-refractivity contribution is 6.14. The minimum atomic E-state index is -4.50. The SMILES string of the molecule is Cc1cc(C)c(-c2ccc3c(c2)c2cc(-c4c(C)cc(C)cc4C)ccc2n3-c2cc(C#N)ccc2-c2ccc(-c3ccc(C(F)(F)F)cc3C)cc2-n2c3ccc(-c4c(C)cc(C)cc4C)cc3c3cc(-c4c(C)cc(C)cc4C)ccc32)c(C)c1. The van der Waals surface area contributed by atoms with Crippen LogP contribution in [0.4, 0.5) is 13.2 Å². The van der Waals surface area contributed by atoms with E-state index in [-0.39, 0.29) is 0 Å². The lowest BCUT2D eigenvalue weighted by atomic mass is 9.91. The van der Waals surface area contributed by atoms with Gasteiger partial charge in [-0.05, 0) is 275 Å². The van der Waals surface area contributed by atoms with Gasteiger partial charge in [-0.25, -0.2) is 0 Å². The Morgan fingerprint density at radius 2 is 0.598 bits per heavy atom. The monoisotopic (exact) mass is 1140 g/mol. The number of nitriles is 1. The Morgan fingerprint density at radius 3 is 0.908 bits per heavy atom. The Hall–Kier alpha value is -9.70. The molecule has 3 nitrogen and oxygen atoms in total. The van der Waals surface area contributed by atoms with Crippen LogP contribution < -0.4 is 0 Å². The molecule has 428 valence electrons. The van der Waals surface area contributed by atoms with Crippen molar-refractivity contribution in [3.63, 3.8) is 0 Å². The van der Waals surface area contributed by atoms with Crippen LogP contribution in [-0.4, -0.2) is 9.13 Å². The molecule has 0 amide bonds. The predicted octanol–water partition coefficient (Wildman–Crippen LogP) is 22.8. The van der Waals surface area contributed by atoms with Crippen molar-refractivity contribution >= 4 is 43.6 Å². The standard InChI is InChI=1S/C81H68F3N3/c1-44-28-49(6)77(50(7)29-44)59-16-24-71-67(38-59)68-39-60(78-51(8)30-45(2)31-52(78)9)17-25-72(68)86(71)75-37-57(43-85)14-21-65(75)66-22-15-58(64-23-20-63(36-48(64)5)81(82,83)84)42-76(66)87-73-26-18-61(79-53(10)32-46(3)33-54(79)11)40-69(73)70-41-62(19-27-74(70)87)80-55(12)34-47(4)35-56(80)13/h14-42H,1-13H3. The summed E-state index contributed by atoms with van der Waals surface area (Å²) in [5, 5.41) is 15.2. The summed E-state index contributed by atoms with van der Waals surface area (Å²) < 4.78 is 47.7. The third kappa shape index (κ3) is 9.62. The van der Waals surface area contributed by atoms with E-state index in [4.69, 9.17) is 0 Å². The van der Waals surface area contributed by atoms with Gasteiger partial charge in [0.05, 0.1) is 50.6 Å². The summed E-state index contributed by atoms with van der Waals surface area (Å²) in [6.45, 7) is 27.9. The minimum absolute atomic E-state index is 0.507. The Bertz CT molecular complexity index is 4800. The van der Waals surface area contributed by atoms with E-state index < -0.39 is 11.7 Å². The largest absolute Gasteiger partial charge is 0.416 e. The highest BCUT2D eigenvalue weighted by Crippen LogP contribution is 2.47. The molecule has 0 fully saturated rings. The van der Waals surface area contributed by atoms with Gasteiger partial charge in [0.15, 0.2) is 0 Å². The summed E-state index contributed by atoms with van der Waals surface area (Å²) in [5.74, 6) is 0. The first kappa shape index (κ1) is 56.4. The Labute approximate surface area is 508 Å². The molecule has 0 atom stereocenters. The second-order valence-electron chi connectivity index (χ2n) is 24.8. The molecule has 6 heteroatoms. The lowest BCUT2D eigenvalue weighted by Gasteiger charge is -2.21. The highest BCUT2D eigenvalue weighted by Gasteiger charge is 2.31. The van der Waals surface area contributed by atoms with Crippen molar-refractivity contribution in [2.45, 2.75) is 96.2 Å². The summed E-state index contributed by atoms with van der Waals surface area (Å²) in [7, 11) is 0. The molecule has 0 unspecified atom stereocenters. The van der Waals surface area contributed by atoms with E-state index in [1.165, 1.54) is 101 Å². The zero-order valence-electron chi connectivity index (χ0n) is 51.7. The van der Waals surface area contributed by atoms with E-state index >= 15 is 0 Å². The first-order chi connectivity index (χ1) is 41.5. The number of hydrogen-bond donors (Lipinski definition) is 0. The number of rotatable bonds is 8. The predicted molar refractivity (Wildman–Crippen MR) is 359 cm³/mol. The summed E-state index contributed by atoms with van der Waals surface area (Å²) in [4.78, 5) is 0. The van der Waals surface area contributed by atoms with Gasteiger partial charge in [-0.15, -0.1) is 0 Å². The van der Waals surface area contributed by atoms with Crippen molar-refractivity contribution < 1.29 is 13.2 Å². The maximum atomic E-state index is 14.3. The average Bonchev–Trinajstić information content (AvgIpc) is 1.70. The van der Waals surface area contributed by atoms with E-state index in [9.17, 15) is 18.4 Å². The molecule has 87 heavy (non-hydrogen) atoms. The molecule has 0 N–H and O–H groups in total. The van der Waals surface area contributed by atoms with Crippen LogP contribution in [0.3, 0.4) is 0 Å². The summed E-state index contributed by atoms with van der Waals surface area (Å²) in [6, 6.07) is 64.1. The molecule has 0 radical (unpaired) electrons. The van der Waals surface area contributed by atoms with E-state index in [1.54, 1.807) is 13.0 Å². The van der Waals surface area contributed by atoms with E-state index in [1.807, 2.05) is 18.2 Å². The number of halogens is 3. The fourth-order valence-electron chi connectivity index (χ4n) is 15.0. The number of aromatic nitrogens is 2. The lowest BCUT2D eigenvalue weighted by Crippen LogP contribution is -2.05. The molecular weight excluding hydrogens is 1070 g/mol. The zero-order valence-corrected chi connectivity index (χ0v) is 51.7. The maximum Gasteiger partial charge on any atom is 0.416 e. The second-order valence-corrected chi connectivity index (χ2v) is 24.8. The van der Waals surface area contributed by atoms with Gasteiger partial charge in [-0.2, -0.15) is 18.4 Å². The summed E-state index contributed by atoms with van der Waals surface area (Å²) >= 11 is 0. The number of aryl methyl sites for hydroxylation is 13. The molecule has 0 saturated heterocycles. The topological polar surface area (TPSA) is 33.6 Å². The van der Waals surface area contributed by atoms with Crippen LogP contribution in [0, 0.1) is 101 Å². The number of fused-ring (bicyclic) bond motifs is 6. The van der Waals surface area contributed by atoms with E-state index in [0.717, 1.165) is 93.9 Å². The molecule has 0 saturated carbocycles. The van der Waals surface area contributed by atoms with Crippen LogP contribution in [0.2, 0.25) is 0 Å². The van der Waals surface area contributed by atoms with Gasteiger partial charge in [-0.1, -0.05) is 119 Å². The molecule has 0 aliphatic carbocycles. The average molecular weight is 1140 g/mol. The maximum absolute atomic E-state index is 14.3. The van der Waals surface area contributed by atoms with Crippen molar-refractivity contribution in [3.05, 3.63) is 259 Å². The van der Waals surface area contributed by atoms with Crippen LogP contribution in [0.1, 0.15) is 83.5 Å². The van der Waals surface area contributed by atoms with Crippen LogP contribution in [0.15, 0.2) is 176 Å². The van der Waals surface area contributed by atoms with Gasteiger partial charge in [0.25, 0.3) is 0 Å². The third-order valence-electron chi connectivity index (χ3n) is 18.2. The smallest absolute Gasteiger partial charge is 0.309 e. The van der Waals surface area contributed by atoms with Gasteiger partial charge in [0, 0.05) is 32.7 Å². The van der Waals surface area contributed by atoms with Gasteiger partial charge >= 0.3 is 6.18 Å². The van der Waals surface area contributed by atoms with Crippen LogP contribution in [0.25, 0.3) is 122 Å². The normalized spacial score (nSPS) is 11.9. The molecule has 11 aromatic carbocycles. The molecule has 2 aromatic heterocycles. The number of benzene rings is 11. The first-order valence-electron chi connectivity index (χ1n) is 29.9. The van der Waals surface area contributed by atoms with Crippen molar-refractivity contribution in [3.8, 4) is 84.2 Å². The highest BCUT2D eigenvalue weighted by atomic mass is 19.4. The number of alkyl halides is 3. The molecule has 0 aliphatic rings. The van der Waals surface area contributed by atoms with Crippen LogP contribution in [-0.2, 0) is 6.18 Å². The Balaban J connectivity index is 1.13. The zero-order chi connectivity index (χ0) is 61.2. The van der Waals surface area contributed by atoms with Crippen molar-refractivity contribution in [2.24, 2.45) is 0 Å². The number of hydrogen-bond acceptors (Lipinski definition) is 1. The molecule has 2 heterocycles. The number of nitrogens with zero attached hydrogens (tertiary/aromatic N) is 3. The fourth-order valence-corrected chi connectivity index (χ4v) is 15.0. The fraction of sp³-hybridized carbons (Fsp3) is 0.173. The first-order valence-corrected chi connectivity index (χ1v) is 29.9. The quantitative estimate of drug-likeness (QED) is 0.149. The van der Waals surface area contributed by atoms with Crippen molar-refractivity contribution in [1.82, 2.24) is 9.13 Å². The molecule has 13 rings (SSSR count). The lowest BCUT2D eigenvalue weighted by molar-refractivity contribution is -0.137. The molecule has 13 aromatic rings. The van der Waals surface area contributed by atoms with Crippen molar-refractivity contribution in [2.75, 3.05) is 0 Å². The van der Waals surface area contributed by atoms with Crippen LogP contribution >= 0.6 is 0 Å². The Morgan fingerprint density at radius 1 is 0.299 bits per heavy atom. The molecule has 0 bridgehead atoms. The molecule has 0 spiro atoms.